The molecule has 1 radical (unpaired) electrons. The Morgan fingerprint density at radius 2 is 2.57 bits per heavy atom. The van der Waals surface area contributed by atoms with E-state index in [0.717, 1.165) is 18.0 Å². The number of rotatable bonds is 1. The van der Waals surface area contributed by atoms with Gasteiger partial charge in [0.25, 0.3) is 0 Å². The molecule has 5 heteroatoms. The molecule has 0 saturated carbocycles. The molecule has 1 aromatic heterocycles. The lowest BCUT2D eigenvalue weighted by atomic mass is 10.1. The Morgan fingerprint density at radius 1 is 1.71 bits per heavy atom. The second-order valence-electron chi connectivity index (χ2n) is 3.23. The van der Waals surface area contributed by atoms with E-state index in [9.17, 15) is 4.79 Å². The van der Waals surface area contributed by atoms with Crippen LogP contribution in [0.3, 0.4) is 0 Å². The molecule has 0 bridgehead atoms. The lowest BCUT2D eigenvalue weighted by Crippen LogP contribution is -2.48. The van der Waals surface area contributed by atoms with Gasteiger partial charge in [0, 0.05) is 24.5 Å². The first-order chi connectivity index (χ1) is 6.79. The van der Waals surface area contributed by atoms with E-state index in [-0.39, 0.29) is 6.04 Å². The first-order valence-corrected chi connectivity index (χ1v) is 5.43. The van der Waals surface area contributed by atoms with Crippen molar-refractivity contribution in [1.29, 1.82) is 0 Å². The van der Waals surface area contributed by atoms with Crippen molar-refractivity contribution in [2.75, 3.05) is 19.6 Å². The molecule has 2 heterocycles. The van der Waals surface area contributed by atoms with Crippen LogP contribution >= 0.6 is 11.3 Å². The van der Waals surface area contributed by atoms with Crippen LogP contribution in [0.4, 0.5) is 4.79 Å². The third-order valence-corrected chi connectivity index (χ3v) is 3.35. The average Bonchev–Trinajstić information content (AvgIpc) is 2.70. The van der Waals surface area contributed by atoms with E-state index in [1.54, 1.807) is 16.2 Å². The third-order valence-electron chi connectivity index (χ3n) is 2.38. The molecule has 1 atom stereocenters. The highest BCUT2D eigenvalue weighted by Crippen LogP contribution is 2.25. The van der Waals surface area contributed by atoms with E-state index < -0.39 is 6.03 Å². The molecular formula is C9H12N3OS. The molecule has 1 unspecified atom stereocenters. The number of urea groups is 1. The topological polar surface area (TPSA) is 56.1 Å². The van der Waals surface area contributed by atoms with Gasteiger partial charge >= 0.3 is 6.03 Å². The maximum atomic E-state index is 11.1. The molecule has 2 N–H and O–H groups in total. The van der Waals surface area contributed by atoms with Gasteiger partial charge in [-0.2, -0.15) is 0 Å². The van der Waals surface area contributed by atoms with Gasteiger partial charge in [0.1, 0.15) is 0 Å². The third kappa shape index (κ3) is 1.73. The number of piperazine rings is 1. The fraction of sp³-hybridized carbons (Fsp3) is 0.444. The Bertz CT molecular complexity index is 312. The summed E-state index contributed by atoms with van der Waals surface area (Å²) in [5, 5.41) is 5.23. The average molecular weight is 210 g/mol. The monoisotopic (exact) mass is 210 g/mol. The summed E-state index contributed by atoms with van der Waals surface area (Å²) in [6.07, 6.45) is 0. The smallest absolute Gasteiger partial charge is 0.313 e. The largest absolute Gasteiger partial charge is 0.336 e. The molecule has 0 spiro atoms. The van der Waals surface area contributed by atoms with Gasteiger partial charge in [-0.1, -0.05) is 6.07 Å². The number of thiophene rings is 1. The zero-order chi connectivity index (χ0) is 9.97. The van der Waals surface area contributed by atoms with Crippen LogP contribution in [0, 0.1) is 0 Å². The summed E-state index contributed by atoms with van der Waals surface area (Å²) in [6, 6.07) is 3.46. The molecule has 1 saturated heterocycles. The minimum atomic E-state index is -0.579. The zero-order valence-electron chi connectivity index (χ0n) is 7.69. The van der Waals surface area contributed by atoms with E-state index in [4.69, 9.17) is 5.73 Å². The number of carbonyl (C=O) groups is 1. The molecule has 1 aliphatic rings. The Kier molecular flexibility index (Phi) is 2.69. The molecule has 2 amide bonds. The van der Waals surface area contributed by atoms with Gasteiger partial charge in [-0.3, -0.25) is 0 Å². The van der Waals surface area contributed by atoms with Gasteiger partial charge in [-0.15, -0.1) is 11.3 Å². The van der Waals surface area contributed by atoms with Gasteiger partial charge in [0.05, 0.1) is 6.04 Å². The van der Waals surface area contributed by atoms with Gasteiger partial charge in [-0.25, -0.2) is 10.5 Å². The Morgan fingerprint density at radius 3 is 3.21 bits per heavy atom. The number of carbonyl (C=O) groups excluding carboxylic acids is 1. The molecule has 1 fully saturated rings. The lowest BCUT2D eigenvalue weighted by Gasteiger charge is -2.33. The summed E-state index contributed by atoms with van der Waals surface area (Å²) in [5.41, 5.74) is 7.17. The highest BCUT2D eigenvalue weighted by molar-refractivity contribution is 7.10. The van der Waals surface area contributed by atoms with Crippen molar-refractivity contribution in [3.8, 4) is 0 Å². The summed E-state index contributed by atoms with van der Waals surface area (Å²) >= 11 is 1.63. The summed E-state index contributed by atoms with van der Waals surface area (Å²) in [5.74, 6) is 0. The second-order valence-corrected chi connectivity index (χ2v) is 4.21. The molecule has 1 aromatic rings. The number of nitrogens with one attached hydrogen (secondary N) is 2. The van der Waals surface area contributed by atoms with Crippen LogP contribution in [0.25, 0.3) is 0 Å². The summed E-state index contributed by atoms with van der Waals surface area (Å²) in [7, 11) is 0. The molecular weight excluding hydrogens is 198 g/mol. The Hall–Kier alpha value is -1.07. The predicted molar refractivity (Wildman–Crippen MR) is 55.1 cm³/mol. The van der Waals surface area contributed by atoms with Crippen molar-refractivity contribution in [1.82, 2.24) is 16.0 Å². The van der Waals surface area contributed by atoms with E-state index in [0.29, 0.717) is 6.54 Å². The van der Waals surface area contributed by atoms with Crippen LogP contribution in [0.2, 0.25) is 0 Å². The van der Waals surface area contributed by atoms with Gasteiger partial charge in [0.15, 0.2) is 0 Å². The number of hydrogen-bond donors (Lipinski definition) is 1. The highest BCUT2D eigenvalue weighted by Gasteiger charge is 2.27. The number of amides is 2. The normalized spacial score (nSPS) is 22.3. The molecule has 2 rings (SSSR count). The molecule has 0 aliphatic carbocycles. The summed E-state index contributed by atoms with van der Waals surface area (Å²) in [6.45, 7) is 2.17. The van der Waals surface area contributed by atoms with Crippen molar-refractivity contribution in [2.45, 2.75) is 6.04 Å². The van der Waals surface area contributed by atoms with Crippen molar-refractivity contribution >= 4 is 17.4 Å². The van der Waals surface area contributed by atoms with Crippen LogP contribution in [0.5, 0.6) is 0 Å². The van der Waals surface area contributed by atoms with Gasteiger partial charge in [0.2, 0.25) is 0 Å². The summed E-state index contributed by atoms with van der Waals surface area (Å²) in [4.78, 5) is 13.8. The van der Waals surface area contributed by atoms with Crippen LogP contribution in [-0.4, -0.2) is 30.6 Å². The fourth-order valence-corrected chi connectivity index (χ4v) is 2.52. The maximum Gasteiger partial charge on any atom is 0.336 e. The fourth-order valence-electron chi connectivity index (χ4n) is 1.68. The van der Waals surface area contributed by atoms with Crippen LogP contribution < -0.4 is 11.1 Å². The van der Waals surface area contributed by atoms with E-state index >= 15 is 0 Å². The minimum Gasteiger partial charge on any atom is -0.313 e. The number of nitrogens with zero attached hydrogens (tertiary/aromatic N) is 1. The van der Waals surface area contributed by atoms with Crippen molar-refractivity contribution in [2.24, 2.45) is 0 Å². The first-order valence-electron chi connectivity index (χ1n) is 4.55. The van der Waals surface area contributed by atoms with Crippen LogP contribution in [0.1, 0.15) is 10.9 Å². The molecule has 1 aliphatic heterocycles. The standard InChI is InChI=1S/C9H12N3OS/c10-9(13)12-4-3-11-6-7(12)8-2-1-5-14-8/h1-2,5,7,10-11H,3-4,6H2. The quantitative estimate of drug-likeness (QED) is 0.754. The summed E-state index contributed by atoms with van der Waals surface area (Å²) < 4.78 is 0. The Balaban J connectivity index is 2.18. The zero-order valence-corrected chi connectivity index (χ0v) is 8.51. The number of hydrogen-bond acceptors (Lipinski definition) is 3. The molecule has 4 nitrogen and oxygen atoms in total. The van der Waals surface area contributed by atoms with E-state index in [1.165, 1.54) is 0 Å². The minimum absolute atomic E-state index is 0.0498. The first kappa shape index (κ1) is 9.48. The predicted octanol–water partition coefficient (Wildman–Crippen LogP) is 1.10. The van der Waals surface area contributed by atoms with Crippen LogP contribution in [0.15, 0.2) is 17.5 Å². The highest BCUT2D eigenvalue weighted by atomic mass is 32.1. The van der Waals surface area contributed by atoms with Gasteiger partial charge in [-0.05, 0) is 11.4 Å². The van der Waals surface area contributed by atoms with Crippen LogP contribution in [-0.2, 0) is 0 Å². The lowest BCUT2D eigenvalue weighted by molar-refractivity contribution is 0.167. The molecule has 75 valence electrons. The molecule has 14 heavy (non-hydrogen) atoms. The van der Waals surface area contributed by atoms with E-state index in [1.807, 2.05) is 17.5 Å². The van der Waals surface area contributed by atoms with E-state index in [2.05, 4.69) is 5.32 Å². The van der Waals surface area contributed by atoms with Crippen molar-refractivity contribution in [3.05, 3.63) is 22.4 Å². The second kappa shape index (κ2) is 3.98. The Labute approximate surface area is 86.7 Å². The van der Waals surface area contributed by atoms with Crippen molar-refractivity contribution < 1.29 is 4.79 Å². The maximum absolute atomic E-state index is 11.1. The van der Waals surface area contributed by atoms with Crippen molar-refractivity contribution in [3.63, 3.8) is 0 Å². The van der Waals surface area contributed by atoms with Gasteiger partial charge < -0.3 is 10.2 Å². The molecule has 0 aromatic carbocycles. The SMILES string of the molecule is [NH]C(=O)N1CCNCC1c1cccs1.